The molecule has 1 amide bonds. The van der Waals surface area contributed by atoms with Crippen molar-refractivity contribution in [2.45, 2.75) is 11.5 Å². The number of hydrogen-bond donors (Lipinski definition) is 1. The molecule has 0 fully saturated rings. The first-order valence-electron chi connectivity index (χ1n) is 10.2. The van der Waals surface area contributed by atoms with E-state index in [-0.39, 0.29) is 5.91 Å². The fourth-order valence-corrected chi connectivity index (χ4v) is 3.83. The molecule has 3 aromatic carbocycles. The molecule has 0 aromatic heterocycles. The van der Waals surface area contributed by atoms with Gasteiger partial charge in [-0.2, -0.15) is 16.9 Å². The van der Waals surface area contributed by atoms with Crippen LogP contribution in [0.3, 0.4) is 0 Å². The van der Waals surface area contributed by atoms with E-state index < -0.39 is 0 Å². The lowest BCUT2D eigenvalue weighted by atomic mass is 10.1. The van der Waals surface area contributed by atoms with Gasteiger partial charge in [0, 0.05) is 17.1 Å². The number of hydrazone groups is 1. The molecule has 3 rings (SSSR count). The fourth-order valence-electron chi connectivity index (χ4n) is 2.88. The largest absolute Gasteiger partial charge is 0.493 e. The third kappa shape index (κ3) is 7.03. The van der Waals surface area contributed by atoms with E-state index in [4.69, 9.17) is 9.47 Å². The highest BCUT2D eigenvalue weighted by atomic mass is 32.2. The molecule has 0 atom stereocenters. The predicted octanol–water partition coefficient (Wildman–Crippen LogP) is 5.46. The van der Waals surface area contributed by atoms with Gasteiger partial charge in [-0.05, 0) is 47.0 Å². The summed E-state index contributed by atoms with van der Waals surface area (Å²) in [4.78, 5) is 12.4. The Bertz CT molecular complexity index is 1050. The van der Waals surface area contributed by atoms with Gasteiger partial charge < -0.3 is 9.47 Å². The number of nitrogens with one attached hydrogen (secondary N) is 1. The molecule has 5 nitrogen and oxygen atoms in total. The molecule has 6 heteroatoms. The second-order valence-corrected chi connectivity index (χ2v) is 7.87. The highest BCUT2D eigenvalue weighted by molar-refractivity contribution is 7.97. The van der Waals surface area contributed by atoms with Crippen LogP contribution < -0.4 is 14.9 Å². The smallest absolute Gasteiger partial charge is 0.271 e. The summed E-state index contributed by atoms with van der Waals surface area (Å²) in [5.41, 5.74) is 6.38. The number of amides is 1. The van der Waals surface area contributed by atoms with E-state index in [9.17, 15) is 4.79 Å². The predicted molar refractivity (Wildman–Crippen MR) is 132 cm³/mol. The van der Waals surface area contributed by atoms with Crippen molar-refractivity contribution < 1.29 is 14.3 Å². The van der Waals surface area contributed by atoms with Crippen LogP contribution in [0, 0.1) is 0 Å². The third-order valence-corrected chi connectivity index (χ3v) is 5.60. The number of methoxy groups -OCH3 is 1. The van der Waals surface area contributed by atoms with Crippen LogP contribution in [0.4, 0.5) is 0 Å². The van der Waals surface area contributed by atoms with Gasteiger partial charge in [0.15, 0.2) is 11.5 Å². The van der Waals surface area contributed by atoms with Crippen molar-refractivity contribution in [2.24, 2.45) is 5.10 Å². The van der Waals surface area contributed by atoms with E-state index in [1.807, 2.05) is 48.2 Å². The number of carbonyl (C=O) groups is 1. The molecule has 164 valence electrons. The standard InChI is InChI=1S/C26H26N2O3S/c1-3-15-31-24-14-11-22(16-25(24)30-2)17-27-28-26(29)23-12-9-21(10-13-23)19-32-18-20-7-5-4-6-8-20/h3-14,16-17H,1,15,18-19H2,2H3,(H,28,29)/b27-17+. The molecule has 1 N–H and O–H groups in total. The Kier molecular flexibility index (Phi) is 8.95. The van der Waals surface area contributed by atoms with Crippen molar-refractivity contribution in [3.63, 3.8) is 0 Å². The van der Waals surface area contributed by atoms with Crippen molar-refractivity contribution in [1.82, 2.24) is 5.43 Å². The van der Waals surface area contributed by atoms with E-state index in [0.29, 0.717) is 23.7 Å². The molecule has 0 saturated carbocycles. The fraction of sp³-hybridized carbons (Fsp3) is 0.154. The van der Waals surface area contributed by atoms with E-state index in [2.05, 4.69) is 41.4 Å². The second-order valence-electron chi connectivity index (χ2n) is 6.88. The van der Waals surface area contributed by atoms with Crippen molar-refractivity contribution in [3.8, 4) is 11.5 Å². The maximum Gasteiger partial charge on any atom is 0.271 e. The number of benzene rings is 3. The van der Waals surface area contributed by atoms with Crippen molar-refractivity contribution in [2.75, 3.05) is 13.7 Å². The van der Waals surface area contributed by atoms with E-state index in [0.717, 1.165) is 17.1 Å². The topological polar surface area (TPSA) is 59.9 Å². The number of nitrogens with zero attached hydrogens (tertiary/aromatic N) is 1. The quantitative estimate of drug-likeness (QED) is 0.241. The summed E-state index contributed by atoms with van der Waals surface area (Å²) in [6, 6.07) is 23.4. The third-order valence-electron chi connectivity index (χ3n) is 4.52. The average molecular weight is 447 g/mol. The van der Waals surface area contributed by atoms with Crippen LogP contribution in [0.1, 0.15) is 27.0 Å². The zero-order valence-electron chi connectivity index (χ0n) is 18.0. The number of thioether (sulfide) groups is 1. The first-order valence-corrected chi connectivity index (χ1v) is 11.3. The summed E-state index contributed by atoms with van der Waals surface area (Å²) in [6.07, 6.45) is 3.23. The van der Waals surface area contributed by atoms with Crippen LogP contribution in [0.5, 0.6) is 11.5 Å². The van der Waals surface area contributed by atoms with Gasteiger partial charge in [-0.25, -0.2) is 5.43 Å². The van der Waals surface area contributed by atoms with Crippen LogP contribution in [0.25, 0.3) is 0 Å². The normalized spacial score (nSPS) is 10.7. The zero-order chi connectivity index (χ0) is 22.6. The molecule has 0 aliphatic carbocycles. The van der Waals surface area contributed by atoms with Crippen LogP contribution in [-0.4, -0.2) is 25.8 Å². The highest BCUT2D eigenvalue weighted by Crippen LogP contribution is 2.27. The van der Waals surface area contributed by atoms with Gasteiger partial charge >= 0.3 is 0 Å². The monoisotopic (exact) mass is 446 g/mol. The molecule has 0 saturated heterocycles. The molecule has 0 heterocycles. The molecule has 0 bridgehead atoms. The van der Waals surface area contributed by atoms with Gasteiger partial charge in [-0.15, -0.1) is 0 Å². The molecular formula is C26H26N2O3S. The molecule has 3 aromatic rings. The van der Waals surface area contributed by atoms with Crippen LogP contribution in [0.15, 0.2) is 90.6 Å². The number of hydrogen-bond acceptors (Lipinski definition) is 5. The molecule has 0 unspecified atom stereocenters. The molecular weight excluding hydrogens is 420 g/mol. The summed E-state index contributed by atoms with van der Waals surface area (Å²) in [5, 5.41) is 4.05. The van der Waals surface area contributed by atoms with E-state index in [1.54, 1.807) is 31.5 Å². The van der Waals surface area contributed by atoms with Gasteiger partial charge in [-0.1, -0.05) is 55.1 Å². The van der Waals surface area contributed by atoms with Crippen molar-refractivity contribution in [1.29, 1.82) is 0 Å². The maximum atomic E-state index is 12.4. The highest BCUT2D eigenvalue weighted by Gasteiger charge is 2.06. The molecule has 0 aliphatic rings. The first-order chi connectivity index (χ1) is 15.7. The summed E-state index contributed by atoms with van der Waals surface area (Å²) in [5.74, 6) is 2.80. The second kappa shape index (κ2) is 12.4. The van der Waals surface area contributed by atoms with Gasteiger partial charge in [0.2, 0.25) is 0 Å². The molecule has 0 spiro atoms. The van der Waals surface area contributed by atoms with Gasteiger partial charge in [-0.3, -0.25) is 4.79 Å². The van der Waals surface area contributed by atoms with Crippen LogP contribution in [0.2, 0.25) is 0 Å². The van der Waals surface area contributed by atoms with Gasteiger partial charge in [0.1, 0.15) is 6.61 Å². The Hall–Kier alpha value is -3.51. The Morgan fingerprint density at radius 2 is 1.72 bits per heavy atom. The summed E-state index contributed by atoms with van der Waals surface area (Å²) >= 11 is 1.85. The lowest BCUT2D eigenvalue weighted by Crippen LogP contribution is -2.17. The van der Waals surface area contributed by atoms with Gasteiger partial charge in [0.25, 0.3) is 5.91 Å². The average Bonchev–Trinajstić information content (AvgIpc) is 2.84. The number of rotatable bonds is 11. The minimum absolute atomic E-state index is 0.261. The lowest BCUT2D eigenvalue weighted by molar-refractivity contribution is 0.0955. The lowest BCUT2D eigenvalue weighted by Gasteiger charge is -2.09. The SMILES string of the molecule is C=CCOc1ccc(/C=N/NC(=O)c2ccc(CSCc3ccccc3)cc2)cc1OC. The molecule has 0 radical (unpaired) electrons. The zero-order valence-corrected chi connectivity index (χ0v) is 18.8. The van der Waals surface area contributed by atoms with Crippen molar-refractivity contribution in [3.05, 3.63) is 108 Å². The Morgan fingerprint density at radius 3 is 2.41 bits per heavy atom. The van der Waals surface area contributed by atoms with Crippen LogP contribution in [-0.2, 0) is 11.5 Å². The Balaban J connectivity index is 1.50. The molecule has 32 heavy (non-hydrogen) atoms. The maximum absolute atomic E-state index is 12.4. The minimum atomic E-state index is -0.261. The first kappa shape index (κ1) is 23.2. The number of ether oxygens (including phenoxy) is 2. The van der Waals surface area contributed by atoms with Crippen molar-refractivity contribution >= 4 is 23.9 Å². The molecule has 0 aliphatic heterocycles. The summed E-state index contributed by atoms with van der Waals surface area (Å²) in [6.45, 7) is 4.02. The Morgan fingerprint density at radius 1 is 1.00 bits per heavy atom. The van der Waals surface area contributed by atoms with Crippen LogP contribution >= 0.6 is 11.8 Å². The minimum Gasteiger partial charge on any atom is -0.493 e. The van der Waals surface area contributed by atoms with E-state index in [1.165, 1.54) is 11.1 Å². The van der Waals surface area contributed by atoms with Gasteiger partial charge in [0.05, 0.1) is 13.3 Å². The Labute approximate surface area is 193 Å². The summed E-state index contributed by atoms with van der Waals surface area (Å²) < 4.78 is 10.9. The van der Waals surface area contributed by atoms with E-state index >= 15 is 0 Å². The number of carbonyl (C=O) groups excluding carboxylic acids is 1. The summed E-state index contributed by atoms with van der Waals surface area (Å²) in [7, 11) is 1.57.